The highest BCUT2D eigenvalue weighted by molar-refractivity contribution is 5.95. The highest BCUT2D eigenvalue weighted by Crippen LogP contribution is 2.48. The predicted octanol–water partition coefficient (Wildman–Crippen LogP) is 2.87. The lowest BCUT2D eigenvalue weighted by molar-refractivity contribution is -0.134. The third-order valence-electron chi connectivity index (χ3n) is 6.19. The van der Waals surface area contributed by atoms with E-state index >= 15 is 0 Å². The van der Waals surface area contributed by atoms with Gasteiger partial charge in [-0.15, -0.1) is 0 Å². The predicted molar refractivity (Wildman–Crippen MR) is 110 cm³/mol. The largest absolute Gasteiger partial charge is 0.339 e. The zero-order chi connectivity index (χ0) is 20.8. The Morgan fingerprint density at radius 2 is 1.70 bits per heavy atom. The Morgan fingerprint density at radius 1 is 1.00 bits per heavy atom. The molecule has 30 heavy (non-hydrogen) atoms. The van der Waals surface area contributed by atoms with E-state index in [1.165, 1.54) is 12.1 Å². The highest BCUT2D eigenvalue weighted by atomic mass is 19.1. The van der Waals surface area contributed by atoms with Gasteiger partial charge in [0.05, 0.1) is 5.69 Å². The molecule has 5 rings (SSSR count). The summed E-state index contributed by atoms with van der Waals surface area (Å²) < 4.78 is 14.9. The van der Waals surface area contributed by atoms with Crippen LogP contribution in [-0.2, 0) is 4.79 Å². The van der Waals surface area contributed by atoms with E-state index in [4.69, 9.17) is 0 Å². The van der Waals surface area contributed by atoms with Crippen molar-refractivity contribution >= 4 is 17.5 Å². The number of fused-ring (bicyclic) bond motifs is 1. The topological polar surface area (TPSA) is 57.9 Å². The molecule has 1 saturated heterocycles. The summed E-state index contributed by atoms with van der Waals surface area (Å²) in [6, 6.07) is 12.1. The summed E-state index contributed by atoms with van der Waals surface area (Å²) in [6.07, 6.45) is 2.66. The maximum atomic E-state index is 13.1. The lowest BCUT2D eigenvalue weighted by Crippen LogP contribution is -2.51. The molecule has 0 N–H and O–H groups in total. The van der Waals surface area contributed by atoms with Gasteiger partial charge >= 0.3 is 0 Å². The van der Waals surface area contributed by atoms with Crippen LogP contribution >= 0.6 is 0 Å². The van der Waals surface area contributed by atoms with Crippen LogP contribution in [0.5, 0.6) is 0 Å². The van der Waals surface area contributed by atoms with Crippen LogP contribution in [0.2, 0.25) is 0 Å². The minimum absolute atomic E-state index is 0.0290. The Bertz CT molecular complexity index is 1120. The Labute approximate surface area is 173 Å². The molecule has 2 fully saturated rings. The maximum absolute atomic E-state index is 13.1. The zero-order valence-electron chi connectivity index (χ0n) is 16.8. The molecule has 1 saturated carbocycles. The molecule has 0 radical (unpaired) electrons. The Kier molecular flexibility index (Phi) is 4.53. The third kappa shape index (κ3) is 3.24. The molecule has 154 valence electrons. The number of rotatable bonds is 3. The van der Waals surface area contributed by atoms with Crippen molar-refractivity contribution in [1.29, 1.82) is 0 Å². The van der Waals surface area contributed by atoms with Crippen LogP contribution in [-0.4, -0.2) is 57.2 Å². The molecule has 0 spiro atoms. The second-order valence-corrected chi connectivity index (χ2v) is 8.09. The van der Waals surface area contributed by atoms with Gasteiger partial charge < -0.3 is 9.80 Å². The zero-order valence-corrected chi connectivity index (χ0v) is 16.8. The van der Waals surface area contributed by atoms with Crippen molar-refractivity contribution in [2.24, 2.45) is 5.92 Å². The monoisotopic (exact) mass is 406 g/mol. The van der Waals surface area contributed by atoms with Gasteiger partial charge in [-0.05, 0) is 49.1 Å². The van der Waals surface area contributed by atoms with Gasteiger partial charge in [-0.25, -0.2) is 9.37 Å². The molecule has 2 aliphatic rings. The van der Waals surface area contributed by atoms with Crippen LogP contribution in [0.3, 0.4) is 0 Å². The quantitative estimate of drug-likeness (QED) is 0.672. The molecule has 3 aromatic rings. The van der Waals surface area contributed by atoms with Crippen molar-refractivity contribution in [3.63, 3.8) is 0 Å². The standard InChI is InChI=1S/C23H23FN4O2/c1-15-21(28-9-3-2-4-20(28)25-15)23(30)27-12-10-26(11-13-27)22(29)19-14-18(19)16-5-7-17(24)8-6-16/h2-9,18-19H,10-14H2,1H3. The number of aryl methyl sites for hydroxylation is 1. The lowest BCUT2D eigenvalue weighted by Gasteiger charge is -2.35. The summed E-state index contributed by atoms with van der Waals surface area (Å²) in [5.41, 5.74) is 3.08. The van der Waals surface area contributed by atoms with E-state index in [2.05, 4.69) is 4.98 Å². The summed E-state index contributed by atoms with van der Waals surface area (Å²) in [5.74, 6) is -0.0158. The second-order valence-electron chi connectivity index (χ2n) is 8.09. The summed E-state index contributed by atoms with van der Waals surface area (Å²) in [4.78, 5) is 34.1. The van der Waals surface area contributed by atoms with Gasteiger partial charge in [0.25, 0.3) is 5.91 Å². The number of aromatic nitrogens is 2. The minimum Gasteiger partial charge on any atom is -0.339 e. The molecule has 1 aliphatic carbocycles. The fourth-order valence-electron chi connectivity index (χ4n) is 4.43. The fraction of sp³-hybridized carbons (Fsp3) is 0.348. The highest BCUT2D eigenvalue weighted by Gasteiger charge is 2.46. The van der Waals surface area contributed by atoms with Crippen LogP contribution in [0.1, 0.15) is 34.1 Å². The number of halogens is 1. The maximum Gasteiger partial charge on any atom is 0.272 e. The molecule has 6 nitrogen and oxygen atoms in total. The van der Waals surface area contributed by atoms with Crippen molar-refractivity contribution in [3.8, 4) is 0 Å². The van der Waals surface area contributed by atoms with E-state index in [0.717, 1.165) is 17.6 Å². The molecule has 2 unspecified atom stereocenters. The first-order chi connectivity index (χ1) is 14.5. The number of benzene rings is 1. The number of hydrogen-bond acceptors (Lipinski definition) is 3. The average molecular weight is 406 g/mol. The number of pyridine rings is 1. The molecule has 0 bridgehead atoms. The molecule has 1 aliphatic heterocycles. The van der Waals surface area contributed by atoms with E-state index in [9.17, 15) is 14.0 Å². The number of carbonyl (C=O) groups excluding carboxylic acids is 2. The molecule has 1 aromatic carbocycles. The smallest absolute Gasteiger partial charge is 0.272 e. The van der Waals surface area contributed by atoms with E-state index in [1.807, 2.05) is 40.6 Å². The van der Waals surface area contributed by atoms with Crippen LogP contribution in [0.4, 0.5) is 4.39 Å². The SMILES string of the molecule is Cc1nc2ccccn2c1C(=O)N1CCN(C(=O)C2CC2c2ccc(F)cc2)CC1. The van der Waals surface area contributed by atoms with Gasteiger partial charge in [-0.3, -0.25) is 14.0 Å². The summed E-state index contributed by atoms with van der Waals surface area (Å²) >= 11 is 0. The van der Waals surface area contributed by atoms with E-state index in [-0.39, 0.29) is 29.5 Å². The Morgan fingerprint density at radius 3 is 2.43 bits per heavy atom. The molecular weight excluding hydrogens is 383 g/mol. The number of piperazine rings is 1. The van der Waals surface area contributed by atoms with Crippen LogP contribution < -0.4 is 0 Å². The normalized spacial score (nSPS) is 21.1. The Balaban J connectivity index is 1.22. The van der Waals surface area contributed by atoms with Crippen molar-refractivity contribution in [2.45, 2.75) is 19.3 Å². The summed E-state index contributed by atoms with van der Waals surface area (Å²) in [7, 11) is 0. The van der Waals surface area contributed by atoms with Gasteiger partial charge in [0.2, 0.25) is 5.91 Å². The van der Waals surface area contributed by atoms with Gasteiger partial charge in [0, 0.05) is 38.3 Å². The second kappa shape index (κ2) is 7.23. The first-order valence-corrected chi connectivity index (χ1v) is 10.3. The molecular formula is C23H23FN4O2. The summed E-state index contributed by atoms with van der Waals surface area (Å²) in [5, 5.41) is 0. The number of nitrogens with zero attached hydrogens (tertiary/aromatic N) is 4. The van der Waals surface area contributed by atoms with Gasteiger partial charge in [-0.2, -0.15) is 0 Å². The first-order valence-electron chi connectivity index (χ1n) is 10.3. The number of carbonyl (C=O) groups is 2. The Hall–Kier alpha value is -3.22. The molecule has 2 amide bonds. The molecule has 7 heteroatoms. The van der Waals surface area contributed by atoms with Gasteiger partial charge in [-0.1, -0.05) is 18.2 Å². The average Bonchev–Trinajstić information content (AvgIpc) is 3.49. The van der Waals surface area contributed by atoms with Crippen molar-refractivity contribution in [1.82, 2.24) is 19.2 Å². The van der Waals surface area contributed by atoms with E-state index < -0.39 is 0 Å². The number of amides is 2. The number of hydrogen-bond donors (Lipinski definition) is 0. The van der Waals surface area contributed by atoms with Crippen molar-refractivity contribution < 1.29 is 14.0 Å². The van der Waals surface area contributed by atoms with E-state index in [1.54, 1.807) is 17.0 Å². The molecule has 2 aromatic heterocycles. The van der Waals surface area contributed by atoms with Crippen LogP contribution in [0, 0.1) is 18.7 Å². The van der Waals surface area contributed by atoms with Crippen molar-refractivity contribution in [2.75, 3.05) is 26.2 Å². The van der Waals surface area contributed by atoms with Crippen molar-refractivity contribution in [3.05, 3.63) is 71.4 Å². The van der Waals surface area contributed by atoms with Gasteiger partial charge in [0.15, 0.2) is 0 Å². The van der Waals surface area contributed by atoms with E-state index in [0.29, 0.717) is 37.6 Å². The lowest BCUT2D eigenvalue weighted by atomic mass is 10.1. The third-order valence-corrected chi connectivity index (χ3v) is 6.19. The minimum atomic E-state index is -0.260. The fourth-order valence-corrected chi connectivity index (χ4v) is 4.43. The first kappa shape index (κ1) is 18.8. The molecule has 2 atom stereocenters. The number of imidazole rings is 1. The van der Waals surface area contributed by atoms with Crippen LogP contribution in [0.15, 0.2) is 48.7 Å². The van der Waals surface area contributed by atoms with Gasteiger partial charge in [0.1, 0.15) is 17.2 Å². The molecule has 3 heterocycles. The summed E-state index contributed by atoms with van der Waals surface area (Å²) in [6.45, 7) is 3.94. The van der Waals surface area contributed by atoms with Crippen LogP contribution in [0.25, 0.3) is 5.65 Å².